The molecule has 0 saturated carbocycles. The summed E-state index contributed by atoms with van der Waals surface area (Å²) in [7, 11) is 1.52. The first-order valence-corrected chi connectivity index (χ1v) is 8.84. The number of amides is 1. The summed E-state index contributed by atoms with van der Waals surface area (Å²) in [6, 6.07) is 11.1. The number of ether oxygens (including phenoxy) is 1. The lowest BCUT2D eigenvalue weighted by molar-refractivity contribution is -0.116. The van der Waals surface area contributed by atoms with E-state index in [1.165, 1.54) is 7.11 Å². The Balaban J connectivity index is 2.11. The molecular weight excluding hydrogens is 373 g/mol. The van der Waals surface area contributed by atoms with Crippen LogP contribution in [-0.2, 0) is 9.53 Å². The van der Waals surface area contributed by atoms with Crippen molar-refractivity contribution in [3.05, 3.63) is 63.3 Å². The van der Waals surface area contributed by atoms with Gasteiger partial charge in [-0.15, -0.1) is 0 Å². The molecule has 6 heteroatoms. The van der Waals surface area contributed by atoms with E-state index in [9.17, 15) is 9.90 Å². The molecule has 0 fully saturated rings. The summed E-state index contributed by atoms with van der Waals surface area (Å²) >= 11 is 12.5. The van der Waals surface area contributed by atoms with Gasteiger partial charge in [0.05, 0.1) is 12.2 Å². The third-order valence-electron chi connectivity index (χ3n) is 4.52. The molecule has 26 heavy (non-hydrogen) atoms. The Bertz CT molecular complexity index is 883. The molecule has 0 spiro atoms. The van der Waals surface area contributed by atoms with Gasteiger partial charge < -0.3 is 15.2 Å². The molecule has 3 rings (SSSR count). The minimum Gasteiger partial charge on any atom is -0.509 e. The van der Waals surface area contributed by atoms with Crippen LogP contribution >= 0.6 is 23.2 Å². The van der Waals surface area contributed by atoms with E-state index in [4.69, 9.17) is 27.9 Å². The predicted molar refractivity (Wildman–Crippen MR) is 105 cm³/mol. The average Bonchev–Trinajstić information content (AvgIpc) is 2.78. The van der Waals surface area contributed by atoms with Crippen LogP contribution < -0.4 is 5.32 Å². The number of rotatable bonds is 4. The third-order valence-corrected chi connectivity index (χ3v) is 5.07. The monoisotopic (exact) mass is 391 g/mol. The van der Waals surface area contributed by atoms with Gasteiger partial charge in [0.25, 0.3) is 5.91 Å². The lowest BCUT2D eigenvalue weighted by Crippen LogP contribution is -2.45. The number of aliphatic hydroxyl groups excluding tert-OH is 1. The molecule has 1 aliphatic heterocycles. The molecule has 2 aromatic rings. The topological polar surface area (TPSA) is 58.6 Å². The van der Waals surface area contributed by atoms with Crippen LogP contribution in [0.5, 0.6) is 0 Å². The second kappa shape index (κ2) is 6.95. The van der Waals surface area contributed by atoms with Crippen LogP contribution in [0.3, 0.4) is 0 Å². The number of carbonyl (C=O) groups excluding carboxylic acids is 1. The van der Waals surface area contributed by atoms with Gasteiger partial charge in [-0.25, -0.2) is 0 Å². The van der Waals surface area contributed by atoms with Crippen molar-refractivity contribution in [3.63, 3.8) is 0 Å². The van der Waals surface area contributed by atoms with Crippen LogP contribution in [0.4, 0.5) is 0 Å². The molecule has 2 N–H and O–H groups in total. The molecule has 4 nitrogen and oxygen atoms in total. The zero-order valence-electron chi connectivity index (χ0n) is 14.7. The fraction of sp³-hybridized carbons (Fsp3) is 0.250. The molecule has 1 atom stereocenters. The smallest absolute Gasteiger partial charge is 0.256 e. The van der Waals surface area contributed by atoms with Gasteiger partial charge in [0, 0.05) is 22.7 Å². The van der Waals surface area contributed by atoms with E-state index < -0.39 is 5.54 Å². The molecule has 0 aliphatic carbocycles. The van der Waals surface area contributed by atoms with Crippen molar-refractivity contribution in [1.82, 2.24) is 5.32 Å². The van der Waals surface area contributed by atoms with Gasteiger partial charge in [-0.05, 0) is 48.7 Å². The van der Waals surface area contributed by atoms with E-state index >= 15 is 0 Å². The van der Waals surface area contributed by atoms with Gasteiger partial charge >= 0.3 is 0 Å². The first-order valence-electron chi connectivity index (χ1n) is 8.08. The highest BCUT2D eigenvalue weighted by Gasteiger charge is 2.43. The Labute approximate surface area is 162 Å². The molecule has 1 amide bonds. The Hall–Kier alpha value is -2.01. The number of hydrogen-bond donors (Lipinski definition) is 2. The van der Waals surface area contributed by atoms with Crippen molar-refractivity contribution in [2.75, 3.05) is 13.7 Å². The molecule has 0 bridgehead atoms. The molecule has 0 aromatic heterocycles. The van der Waals surface area contributed by atoms with Crippen molar-refractivity contribution in [2.45, 2.75) is 19.4 Å². The first-order chi connectivity index (χ1) is 12.3. The zero-order valence-corrected chi connectivity index (χ0v) is 16.2. The lowest BCUT2D eigenvalue weighted by Gasteiger charge is -2.23. The van der Waals surface area contributed by atoms with E-state index in [1.807, 2.05) is 37.3 Å². The molecule has 1 aliphatic rings. The van der Waals surface area contributed by atoms with E-state index in [0.29, 0.717) is 15.6 Å². The SMILES string of the molecule is COCC1(C)NC(=O)C(c2c(C)cc(-c3ccc(Cl)cc3)cc2Cl)=C1O. The number of nitrogens with one attached hydrogen (secondary N) is 1. The molecular formula is C20H19Cl2NO3. The normalized spacial score (nSPS) is 19.8. The number of methoxy groups -OCH3 is 1. The molecule has 0 radical (unpaired) electrons. The maximum absolute atomic E-state index is 12.5. The number of aliphatic hydroxyl groups is 1. The summed E-state index contributed by atoms with van der Waals surface area (Å²) in [5, 5.41) is 14.5. The number of benzene rings is 2. The van der Waals surface area contributed by atoms with Crippen molar-refractivity contribution >= 4 is 34.7 Å². The van der Waals surface area contributed by atoms with E-state index in [2.05, 4.69) is 5.32 Å². The van der Waals surface area contributed by atoms with Crippen molar-refractivity contribution in [2.24, 2.45) is 0 Å². The standard InChI is InChI=1S/C20H19Cl2NO3/c1-11-8-13(12-4-6-14(21)7-5-12)9-15(22)16(11)17-18(24)20(2,10-26-3)23-19(17)25/h4-9,24H,10H2,1-3H3,(H,23,25). The second-order valence-electron chi connectivity index (χ2n) is 6.60. The Morgan fingerprint density at radius 2 is 1.81 bits per heavy atom. The van der Waals surface area contributed by atoms with Gasteiger partial charge in [-0.2, -0.15) is 0 Å². The highest BCUT2D eigenvalue weighted by Crippen LogP contribution is 2.39. The van der Waals surface area contributed by atoms with Gasteiger partial charge in [0.2, 0.25) is 0 Å². The highest BCUT2D eigenvalue weighted by molar-refractivity contribution is 6.36. The van der Waals surface area contributed by atoms with E-state index in [-0.39, 0.29) is 23.8 Å². The van der Waals surface area contributed by atoms with Crippen LogP contribution in [0, 0.1) is 6.92 Å². The van der Waals surface area contributed by atoms with Crippen LogP contribution in [0.15, 0.2) is 42.2 Å². The van der Waals surface area contributed by atoms with Gasteiger partial charge in [-0.3, -0.25) is 4.79 Å². The van der Waals surface area contributed by atoms with E-state index in [1.54, 1.807) is 13.0 Å². The summed E-state index contributed by atoms with van der Waals surface area (Å²) in [5.74, 6) is -0.431. The largest absolute Gasteiger partial charge is 0.509 e. The van der Waals surface area contributed by atoms with Crippen LogP contribution in [0.25, 0.3) is 16.7 Å². The summed E-state index contributed by atoms with van der Waals surface area (Å²) < 4.78 is 5.13. The fourth-order valence-corrected chi connectivity index (χ4v) is 3.74. The summed E-state index contributed by atoms with van der Waals surface area (Å²) in [6.07, 6.45) is 0. The van der Waals surface area contributed by atoms with Crippen molar-refractivity contribution in [3.8, 4) is 11.1 Å². The first kappa shape index (κ1) is 18.8. The number of aryl methyl sites for hydroxylation is 1. The highest BCUT2D eigenvalue weighted by atomic mass is 35.5. The Morgan fingerprint density at radius 1 is 1.15 bits per heavy atom. The van der Waals surface area contributed by atoms with Crippen LogP contribution in [0.1, 0.15) is 18.1 Å². The summed E-state index contributed by atoms with van der Waals surface area (Å²) in [4.78, 5) is 12.5. The molecule has 1 heterocycles. The summed E-state index contributed by atoms with van der Waals surface area (Å²) in [6.45, 7) is 3.73. The average molecular weight is 392 g/mol. The number of hydrogen-bond acceptors (Lipinski definition) is 3. The Morgan fingerprint density at radius 3 is 2.38 bits per heavy atom. The van der Waals surface area contributed by atoms with Crippen LogP contribution in [-0.4, -0.2) is 30.3 Å². The van der Waals surface area contributed by atoms with Crippen LogP contribution in [0.2, 0.25) is 10.0 Å². The predicted octanol–water partition coefficient (Wildman–Crippen LogP) is 4.77. The van der Waals surface area contributed by atoms with Gasteiger partial charge in [0.15, 0.2) is 0 Å². The zero-order chi connectivity index (χ0) is 19.1. The number of halogens is 2. The quantitative estimate of drug-likeness (QED) is 0.788. The molecule has 136 valence electrons. The molecule has 1 unspecified atom stereocenters. The van der Waals surface area contributed by atoms with Crippen molar-refractivity contribution < 1.29 is 14.6 Å². The van der Waals surface area contributed by atoms with Crippen molar-refractivity contribution in [1.29, 1.82) is 0 Å². The second-order valence-corrected chi connectivity index (χ2v) is 7.44. The number of carbonyl (C=O) groups is 1. The van der Waals surface area contributed by atoms with E-state index in [0.717, 1.165) is 16.7 Å². The fourth-order valence-electron chi connectivity index (χ4n) is 3.25. The summed E-state index contributed by atoms with van der Waals surface area (Å²) in [5.41, 5.74) is 2.41. The lowest BCUT2D eigenvalue weighted by atomic mass is 9.93. The molecule has 2 aromatic carbocycles. The molecule has 0 saturated heterocycles. The maximum Gasteiger partial charge on any atom is 0.256 e. The third kappa shape index (κ3) is 3.20. The minimum absolute atomic E-state index is 0.0615. The maximum atomic E-state index is 12.5. The minimum atomic E-state index is -0.966. The van der Waals surface area contributed by atoms with Gasteiger partial charge in [-0.1, -0.05) is 41.4 Å². The Kier molecular flexibility index (Phi) is 5.02. The van der Waals surface area contributed by atoms with Gasteiger partial charge in [0.1, 0.15) is 11.3 Å².